The van der Waals surface area contributed by atoms with E-state index in [2.05, 4.69) is 202 Å². The number of halogens is 4. The number of hydrogen-bond donors (Lipinski definition) is 0. The maximum Gasteiger partial charge on any atom is 0.238 e. The molecule has 50 heavy (non-hydrogen) atoms. The molecule has 0 radical (unpaired) electrons. The Morgan fingerprint density at radius 1 is 0.540 bits per heavy atom. The van der Waals surface area contributed by atoms with E-state index in [1.54, 1.807) is 0 Å². The van der Waals surface area contributed by atoms with Gasteiger partial charge < -0.3 is 0 Å². The van der Waals surface area contributed by atoms with Gasteiger partial charge in [-0.1, -0.05) is 197 Å². The van der Waals surface area contributed by atoms with Gasteiger partial charge >= 0.3 is 0 Å². The highest BCUT2D eigenvalue weighted by Gasteiger charge is 2.62. The van der Waals surface area contributed by atoms with Gasteiger partial charge in [-0.25, -0.2) is 14.9 Å². The molecule has 8 rings (SSSR count). The summed E-state index contributed by atoms with van der Waals surface area (Å²) in [5.41, 5.74) is 6.70. The summed E-state index contributed by atoms with van der Waals surface area (Å²) in [6, 6.07) is 54.6. The molecule has 0 N–H and O–H groups in total. The average molecular weight is 908 g/mol. The van der Waals surface area contributed by atoms with Gasteiger partial charge in [0.05, 0.1) is 17.6 Å². The summed E-state index contributed by atoms with van der Waals surface area (Å²) in [6.07, 6.45) is 1.37. The van der Waals surface area contributed by atoms with Crippen LogP contribution in [-0.4, -0.2) is 22.5 Å². The summed E-state index contributed by atoms with van der Waals surface area (Å²) < 4.78 is 3.72. The van der Waals surface area contributed by atoms with E-state index in [9.17, 15) is 0 Å². The standard InChI is InChI=1S/C42H28Br4N4/c43-32-21-23-34(36(45)25-32)40-48-39(29-15-7-2-8-16-29)41(30-17-9-3-10-18-30,31-19-11-4-12-20-31)50(40)42(35-24-22-33(44)26-37(35)46)47-27-38(49-42)28-13-5-1-6-14-28/h1-27,40H. The van der Waals surface area contributed by atoms with Crippen molar-refractivity contribution in [2.24, 2.45) is 15.0 Å². The summed E-state index contributed by atoms with van der Waals surface area (Å²) >= 11 is 15.3. The van der Waals surface area contributed by atoms with E-state index in [0.29, 0.717) is 0 Å². The predicted octanol–water partition coefficient (Wildman–Crippen LogP) is 11.9. The zero-order valence-corrected chi connectivity index (χ0v) is 32.8. The predicted molar refractivity (Wildman–Crippen MR) is 218 cm³/mol. The SMILES string of the molecule is Brc1ccc(C2N=C(c3ccccc3)C(c3ccccc3)(c3ccccc3)N2C2(c3ccc(Br)cc3Br)N=CC(c3ccccc3)=N2)c(Br)c1. The minimum atomic E-state index is -1.28. The monoisotopic (exact) mass is 904 g/mol. The topological polar surface area (TPSA) is 40.3 Å². The lowest BCUT2D eigenvalue weighted by Crippen LogP contribution is -2.57. The highest BCUT2D eigenvalue weighted by molar-refractivity contribution is 9.11. The van der Waals surface area contributed by atoms with Crippen molar-refractivity contribution in [3.8, 4) is 0 Å². The lowest BCUT2D eigenvalue weighted by molar-refractivity contribution is 0.0123. The number of rotatable bonds is 7. The molecule has 6 aromatic rings. The van der Waals surface area contributed by atoms with Gasteiger partial charge in [0.15, 0.2) is 0 Å². The molecule has 2 unspecified atom stereocenters. The second kappa shape index (κ2) is 13.7. The molecule has 8 heteroatoms. The van der Waals surface area contributed by atoms with Crippen LogP contribution in [0.4, 0.5) is 0 Å². The molecular formula is C42H28Br4N4. The largest absolute Gasteiger partial charge is 0.262 e. The summed E-state index contributed by atoms with van der Waals surface area (Å²) in [5.74, 6) is -1.28. The van der Waals surface area contributed by atoms with Crippen molar-refractivity contribution in [3.63, 3.8) is 0 Å². The first kappa shape index (κ1) is 33.4. The first-order valence-electron chi connectivity index (χ1n) is 16.1. The molecule has 0 aliphatic carbocycles. The Morgan fingerprint density at radius 2 is 1.06 bits per heavy atom. The van der Waals surface area contributed by atoms with Gasteiger partial charge in [-0.3, -0.25) is 4.99 Å². The molecule has 2 aliphatic rings. The molecule has 2 aliphatic heterocycles. The van der Waals surface area contributed by atoms with Gasteiger partial charge in [0.25, 0.3) is 0 Å². The lowest BCUT2D eigenvalue weighted by Gasteiger charge is -2.49. The van der Waals surface area contributed by atoms with Gasteiger partial charge in [0.2, 0.25) is 5.79 Å². The van der Waals surface area contributed by atoms with Crippen molar-refractivity contribution in [2.45, 2.75) is 17.5 Å². The second-order valence-corrected chi connectivity index (χ2v) is 15.6. The molecular weight excluding hydrogens is 880 g/mol. The number of aliphatic imine (C=N–C) groups is 3. The van der Waals surface area contributed by atoms with Crippen molar-refractivity contribution in [1.29, 1.82) is 0 Å². The van der Waals surface area contributed by atoms with Crippen molar-refractivity contribution >= 4 is 81.4 Å². The Kier molecular flexibility index (Phi) is 9.16. The molecule has 2 heterocycles. The van der Waals surface area contributed by atoms with E-state index in [-0.39, 0.29) is 0 Å². The van der Waals surface area contributed by atoms with Gasteiger partial charge in [-0.2, -0.15) is 0 Å². The van der Waals surface area contributed by atoms with Crippen molar-refractivity contribution in [2.75, 3.05) is 0 Å². The number of benzene rings is 6. The van der Waals surface area contributed by atoms with Gasteiger partial charge in [0.1, 0.15) is 11.7 Å². The first-order chi connectivity index (χ1) is 24.4. The van der Waals surface area contributed by atoms with E-state index in [1.165, 1.54) is 0 Å². The van der Waals surface area contributed by atoms with Crippen LogP contribution in [0.25, 0.3) is 0 Å². The molecule has 244 valence electrons. The molecule has 0 bridgehead atoms. The molecule has 0 spiro atoms. The first-order valence-corrected chi connectivity index (χ1v) is 19.2. The summed E-state index contributed by atoms with van der Waals surface area (Å²) in [5, 5.41) is 0. The molecule has 2 atom stereocenters. The van der Waals surface area contributed by atoms with Crippen LogP contribution in [0.5, 0.6) is 0 Å². The Labute approximate surface area is 325 Å². The van der Waals surface area contributed by atoms with Crippen LogP contribution in [0.1, 0.15) is 39.5 Å². The molecule has 0 saturated carbocycles. The van der Waals surface area contributed by atoms with Crippen LogP contribution in [0, 0.1) is 0 Å². The van der Waals surface area contributed by atoms with Gasteiger partial charge in [-0.05, 0) is 41.0 Å². The highest BCUT2D eigenvalue weighted by atomic mass is 79.9. The van der Waals surface area contributed by atoms with Crippen LogP contribution in [0.3, 0.4) is 0 Å². The van der Waals surface area contributed by atoms with E-state index in [0.717, 1.165) is 62.7 Å². The van der Waals surface area contributed by atoms with Gasteiger partial charge in [-0.15, -0.1) is 0 Å². The maximum atomic E-state index is 5.80. The third kappa shape index (κ3) is 5.62. The Morgan fingerprint density at radius 3 is 1.62 bits per heavy atom. The van der Waals surface area contributed by atoms with Crippen molar-refractivity contribution in [1.82, 2.24) is 4.90 Å². The molecule has 0 saturated heterocycles. The van der Waals surface area contributed by atoms with E-state index in [1.807, 2.05) is 30.5 Å². The normalized spacial score (nSPS) is 19.7. The highest BCUT2D eigenvalue weighted by Crippen LogP contribution is 2.58. The summed E-state index contributed by atoms with van der Waals surface area (Å²) in [6.45, 7) is 0. The Balaban J connectivity index is 1.56. The quantitative estimate of drug-likeness (QED) is 0.157. The van der Waals surface area contributed by atoms with Gasteiger partial charge in [0, 0.05) is 34.6 Å². The summed E-state index contributed by atoms with van der Waals surface area (Å²) in [7, 11) is 0. The zero-order chi connectivity index (χ0) is 34.3. The van der Waals surface area contributed by atoms with Crippen LogP contribution in [0.2, 0.25) is 0 Å². The van der Waals surface area contributed by atoms with E-state index < -0.39 is 17.5 Å². The van der Waals surface area contributed by atoms with Crippen LogP contribution >= 0.6 is 63.7 Å². The number of hydrogen-bond acceptors (Lipinski definition) is 4. The average Bonchev–Trinajstić information content (AvgIpc) is 3.75. The minimum Gasteiger partial charge on any atom is -0.262 e. The molecule has 4 nitrogen and oxygen atoms in total. The molecule has 6 aromatic carbocycles. The third-order valence-electron chi connectivity index (χ3n) is 9.21. The smallest absolute Gasteiger partial charge is 0.238 e. The van der Waals surface area contributed by atoms with Crippen molar-refractivity contribution in [3.05, 3.63) is 209 Å². The fourth-order valence-electron chi connectivity index (χ4n) is 7.11. The molecule has 0 amide bonds. The maximum absolute atomic E-state index is 5.80. The fraction of sp³-hybridized carbons (Fsp3) is 0.0714. The van der Waals surface area contributed by atoms with E-state index in [4.69, 9.17) is 15.0 Å². The van der Waals surface area contributed by atoms with Crippen molar-refractivity contribution < 1.29 is 0 Å². The molecule has 0 aromatic heterocycles. The second-order valence-electron chi connectivity index (χ2n) is 12.1. The number of nitrogens with zero attached hydrogens (tertiary/aromatic N) is 4. The fourth-order valence-corrected chi connectivity index (χ4v) is 9.68. The summed E-state index contributed by atoms with van der Waals surface area (Å²) in [4.78, 5) is 19.4. The zero-order valence-electron chi connectivity index (χ0n) is 26.5. The Hall–Kier alpha value is -3.79. The van der Waals surface area contributed by atoms with E-state index >= 15 is 0 Å². The lowest BCUT2D eigenvalue weighted by atomic mass is 9.74. The van der Waals surface area contributed by atoms with Crippen LogP contribution in [0.15, 0.2) is 191 Å². The molecule has 0 fully saturated rings. The minimum absolute atomic E-state index is 0.542. The van der Waals surface area contributed by atoms with Crippen LogP contribution < -0.4 is 0 Å². The third-order valence-corrected chi connectivity index (χ3v) is 11.5. The van der Waals surface area contributed by atoms with Crippen LogP contribution in [-0.2, 0) is 11.3 Å². The Bertz CT molecular complexity index is 2240.